The largest absolute Gasteiger partial charge is 0.416 e. The maximum atomic E-state index is 12.9. The summed E-state index contributed by atoms with van der Waals surface area (Å²) in [6.07, 6.45) is -3.89. The Labute approximate surface area is 173 Å². The molecular formula is C21H23F3N2O3S. The number of sulfonamides is 1. The van der Waals surface area contributed by atoms with E-state index >= 15 is 0 Å². The van der Waals surface area contributed by atoms with E-state index in [1.165, 1.54) is 16.4 Å². The highest BCUT2D eigenvalue weighted by atomic mass is 32.2. The summed E-state index contributed by atoms with van der Waals surface area (Å²) in [5, 5.41) is 2.52. The first-order chi connectivity index (χ1) is 14.0. The number of piperidine rings is 1. The zero-order valence-corrected chi connectivity index (χ0v) is 17.5. The van der Waals surface area contributed by atoms with Gasteiger partial charge in [-0.15, -0.1) is 0 Å². The minimum Gasteiger partial charge on any atom is -0.326 e. The monoisotopic (exact) mass is 440 g/mol. The molecule has 0 aliphatic carbocycles. The molecule has 0 bridgehead atoms. The Kier molecular flexibility index (Phi) is 6.24. The van der Waals surface area contributed by atoms with Gasteiger partial charge in [0.15, 0.2) is 0 Å². The van der Waals surface area contributed by atoms with Gasteiger partial charge in [-0.25, -0.2) is 8.42 Å². The van der Waals surface area contributed by atoms with Gasteiger partial charge in [0.2, 0.25) is 15.9 Å². The van der Waals surface area contributed by atoms with Gasteiger partial charge in [0, 0.05) is 24.7 Å². The van der Waals surface area contributed by atoms with Crippen LogP contribution in [0.2, 0.25) is 0 Å². The van der Waals surface area contributed by atoms with Gasteiger partial charge in [-0.1, -0.05) is 23.8 Å². The van der Waals surface area contributed by atoms with E-state index in [1.54, 1.807) is 19.1 Å². The predicted octanol–water partition coefficient (Wildman–Crippen LogP) is 4.36. The first kappa shape index (κ1) is 22.3. The van der Waals surface area contributed by atoms with Gasteiger partial charge in [-0.3, -0.25) is 4.79 Å². The molecule has 162 valence electrons. The maximum absolute atomic E-state index is 12.9. The van der Waals surface area contributed by atoms with Crippen LogP contribution in [0.4, 0.5) is 18.9 Å². The molecule has 0 atom stereocenters. The van der Waals surface area contributed by atoms with E-state index < -0.39 is 33.6 Å². The average Bonchev–Trinajstić information content (AvgIpc) is 2.67. The molecule has 0 unspecified atom stereocenters. The highest BCUT2D eigenvalue weighted by Crippen LogP contribution is 2.31. The number of carbonyl (C=O) groups is 1. The van der Waals surface area contributed by atoms with Crippen LogP contribution in [0, 0.1) is 19.8 Å². The second-order valence-corrected chi connectivity index (χ2v) is 9.42. The van der Waals surface area contributed by atoms with Gasteiger partial charge >= 0.3 is 6.18 Å². The second kappa shape index (κ2) is 8.39. The molecule has 1 saturated heterocycles. The third kappa shape index (κ3) is 4.84. The van der Waals surface area contributed by atoms with Crippen molar-refractivity contribution in [3.8, 4) is 0 Å². The third-order valence-electron chi connectivity index (χ3n) is 5.23. The summed E-state index contributed by atoms with van der Waals surface area (Å²) in [5.41, 5.74) is 0.866. The fourth-order valence-corrected chi connectivity index (χ4v) is 5.28. The average molecular weight is 440 g/mol. The number of anilines is 1. The van der Waals surface area contributed by atoms with Crippen LogP contribution >= 0.6 is 0 Å². The number of carbonyl (C=O) groups excluding carboxylic acids is 1. The number of amides is 1. The van der Waals surface area contributed by atoms with Crippen LogP contribution in [0.1, 0.15) is 29.5 Å². The number of halogens is 3. The van der Waals surface area contributed by atoms with E-state index in [-0.39, 0.29) is 23.7 Å². The molecule has 0 spiro atoms. The van der Waals surface area contributed by atoms with E-state index in [9.17, 15) is 26.4 Å². The summed E-state index contributed by atoms with van der Waals surface area (Å²) in [6.45, 7) is 3.99. The van der Waals surface area contributed by atoms with Crippen molar-refractivity contribution < 1.29 is 26.4 Å². The van der Waals surface area contributed by atoms with Gasteiger partial charge in [0.05, 0.1) is 10.5 Å². The number of nitrogens with one attached hydrogen (secondary N) is 1. The van der Waals surface area contributed by atoms with Crippen LogP contribution in [-0.2, 0) is 21.0 Å². The minimum atomic E-state index is -4.49. The second-order valence-electron chi connectivity index (χ2n) is 7.52. The molecule has 1 amide bonds. The zero-order valence-electron chi connectivity index (χ0n) is 16.7. The number of benzene rings is 2. The van der Waals surface area contributed by atoms with Crippen molar-refractivity contribution in [3.05, 3.63) is 59.2 Å². The molecule has 2 aromatic rings. The molecule has 1 aliphatic heterocycles. The Morgan fingerprint density at radius 2 is 1.73 bits per heavy atom. The minimum absolute atomic E-state index is 0.0696. The highest BCUT2D eigenvalue weighted by Gasteiger charge is 2.33. The van der Waals surface area contributed by atoms with Crippen molar-refractivity contribution in [1.29, 1.82) is 0 Å². The topological polar surface area (TPSA) is 66.5 Å². The molecule has 3 rings (SSSR count). The van der Waals surface area contributed by atoms with E-state index in [0.717, 1.165) is 17.7 Å². The quantitative estimate of drug-likeness (QED) is 0.768. The van der Waals surface area contributed by atoms with Crippen LogP contribution < -0.4 is 5.32 Å². The van der Waals surface area contributed by atoms with Gasteiger partial charge in [0.25, 0.3) is 0 Å². The first-order valence-corrected chi connectivity index (χ1v) is 11.0. The standard InChI is InChI=1S/C21H23F3N2O3S/c1-14-6-7-19(15(2)12-14)30(28,29)26-10-8-16(9-11-26)20(27)25-18-5-3-4-17(13-18)21(22,23)24/h3-7,12-13,16H,8-11H2,1-2H3,(H,25,27). The molecular weight excluding hydrogens is 417 g/mol. The Morgan fingerprint density at radius 3 is 2.33 bits per heavy atom. The van der Waals surface area contributed by atoms with Crippen molar-refractivity contribution in [2.75, 3.05) is 18.4 Å². The number of rotatable bonds is 4. The fourth-order valence-electron chi connectivity index (χ4n) is 3.60. The lowest BCUT2D eigenvalue weighted by Gasteiger charge is -2.31. The summed E-state index contributed by atoms with van der Waals surface area (Å²) in [4.78, 5) is 12.7. The zero-order chi connectivity index (χ0) is 22.1. The van der Waals surface area contributed by atoms with Crippen molar-refractivity contribution >= 4 is 21.6 Å². The number of aryl methyl sites for hydroxylation is 2. The first-order valence-electron chi connectivity index (χ1n) is 9.54. The number of hydrogen-bond donors (Lipinski definition) is 1. The summed E-state index contributed by atoms with van der Waals surface area (Å²) in [6, 6.07) is 9.60. The van der Waals surface area contributed by atoms with Crippen LogP contribution in [0.25, 0.3) is 0 Å². The highest BCUT2D eigenvalue weighted by molar-refractivity contribution is 7.89. The Bertz CT molecular complexity index is 1040. The van der Waals surface area contributed by atoms with E-state index in [2.05, 4.69) is 5.32 Å². The summed E-state index contributed by atoms with van der Waals surface area (Å²) in [7, 11) is -3.66. The van der Waals surface area contributed by atoms with Crippen molar-refractivity contribution in [1.82, 2.24) is 4.31 Å². The molecule has 0 radical (unpaired) electrons. The molecule has 1 fully saturated rings. The SMILES string of the molecule is Cc1ccc(S(=O)(=O)N2CCC(C(=O)Nc3cccc(C(F)(F)F)c3)CC2)c(C)c1. The van der Waals surface area contributed by atoms with Crippen molar-refractivity contribution in [3.63, 3.8) is 0 Å². The molecule has 2 aromatic carbocycles. The van der Waals surface area contributed by atoms with Crippen LogP contribution in [-0.4, -0.2) is 31.7 Å². The van der Waals surface area contributed by atoms with Crippen LogP contribution in [0.15, 0.2) is 47.4 Å². The molecule has 1 heterocycles. The predicted molar refractivity (Wildman–Crippen MR) is 107 cm³/mol. The number of alkyl halides is 3. The fraction of sp³-hybridized carbons (Fsp3) is 0.381. The molecule has 0 aromatic heterocycles. The van der Waals surface area contributed by atoms with E-state index in [0.29, 0.717) is 18.4 Å². The number of hydrogen-bond acceptors (Lipinski definition) is 3. The normalized spacial score (nSPS) is 16.4. The van der Waals surface area contributed by atoms with Crippen LogP contribution in [0.5, 0.6) is 0 Å². The summed E-state index contributed by atoms with van der Waals surface area (Å²) < 4.78 is 65.7. The van der Waals surface area contributed by atoms with Gasteiger partial charge in [-0.05, 0) is 56.5 Å². The lowest BCUT2D eigenvalue weighted by molar-refractivity contribution is -0.137. The van der Waals surface area contributed by atoms with Gasteiger partial charge in [-0.2, -0.15) is 17.5 Å². The van der Waals surface area contributed by atoms with Crippen molar-refractivity contribution in [2.24, 2.45) is 5.92 Å². The number of nitrogens with zero attached hydrogens (tertiary/aromatic N) is 1. The molecule has 5 nitrogen and oxygen atoms in total. The molecule has 9 heteroatoms. The third-order valence-corrected chi connectivity index (χ3v) is 7.29. The lowest BCUT2D eigenvalue weighted by Crippen LogP contribution is -2.41. The van der Waals surface area contributed by atoms with Gasteiger partial charge < -0.3 is 5.32 Å². The Hall–Kier alpha value is -2.39. The molecule has 1 N–H and O–H groups in total. The van der Waals surface area contributed by atoms with Gasteiger partial charge in [0.1, 0.15) is 0 Å². The molecule has 0 saturated carbocycles. The lowest BCUT2D eigenvalue weighted by atomic mass is 9.97. The summed E-state index contributed by atoms with van der Waals surface area (Å²) >= 11 is 0. The van der Waals surface area contributed by atoms with E-state index in [4.69, 9.17) is 0 Å². The Balaban J connectivity index is 1.64. The maximum Gasteiger partial charge on any atom is 0.416 e. The van der Waals surface area contributed by atoms with Crippen molar-refractivity contribution in [2.45, 2.75) is 37.8 Å². The van der Waals surface area contributed by atoms with E-state index in [1.807, 2.05) is 13.0 Å². The Morgan fingerprint density at radius 1 is 1.07 bits per heavy atom. The molecule has 30 heavy (non-hydrogen) atoms. The van der Waals surface area contributed by atoms with Crippen LogP contribution in [0.3, 0.4) is 0 Å². The summed E-state index contributed by atoms with van der Waals surface area (Å²) in [5.74, 6) is -0.872. The molecule has 1 aliphatic rings. The smallest absolute Gasteiger partial charge is 0.326 e.